The monoisotopic (exact) mass is 230 g/mol. The summed E-state index contributed by atoms with van der Waals surface area (Å²) in [5.74, 6) is 0.749. The first kappa shape index (κ1) is 11.8. The van der Waals surface area contributed by atoms with E-state index in [1.54, 1.807) is 12.4 Å². The molecule has 1 aromatic heterocycles. The number of rotatable bonds is 3. The Bertz CT molecular complexity index is 431. The average molecular weight is 230 g/mol. The first-order valence-electron chi connectivity index (χ1n) is 6.21. The Morgan fingerprint density at radius 1 is 1.35 bits per heavy atom. The van der Waals surface area contributed by atoms with E-state index in [0.717, 1.165) is 18.9 Å². The van der Waals surface area contributed by atoms with Crippen molar-refractivity contribution >= 4 is 5.82 Å². The molecule has 0 amide bonds. The molecule has 0 atom stereocenters. The third kappa shape index (κ3) is 2.10. The number of aromatic nitrogens is 2. The largest absolute Gasteiger partial charge is 0.354 e. The highest BCUT2D eigenvalue weighted by Gasteiger charge is 2.36. The Balaban J connectivity index is 2.24. The highest BCUT2D eigenvalue weighted by atomic mass is 15.2. The maximum Gasteiger partial charge on any atom is 0.183 e. The fourth-order valence-electron chi connectivity index (χ4n) is 2.58. The van der Waals surface area contributed by atoms with Crippen LogP contribution in [0.2, 0.25) is 0 Å². The van der Waals surface area contributed by atoms with E-state index in [-0.39, 0.29) is 0 Å². The highest BCUT2D eigenvalue weighted by molar-refractivity contribution is 5.50. The molecule has 90 valence electrons. The van der Waals surface area contributed by atoms with Crippen molar-refractivity contribution in [1.29, 1.82) is 5.26 Å². The van der Waals surface area contributed by atoms with Gasteiger partial charge < -0.3 is 4.90 Å². The number of hydrogen-bond acceptors (Lipinski definition) is 4. The molecule has 0 unspecified atom stereocenters. The quantitative estimate of drug-likeness (QED) is 0.800. The van der Waals surface area contributed by atoms with Crippen molar-refractivity contribution in [3.63, 3.8) is 0 Å². The van der Waals surface area contributed by atoms with Gasteiger partial charge in [0.15, 0.2) is 11.5 Å². The molecule has 1 aromatic rings. The van der Waals surface area contributed by atoms with E-state index in [1.807, 2.05) is 0 Å². The SMILES string of the molecule is CCC1(CC)CCN(c2nccnc2C#N)C1. The van der Waals surface area contributed by atoms with E-state index in [2.05, 4.69) is 34.8 Å². The number of nitriles is 1. The molecule has 1 aliphatic rings. The molecule has 2 heterocycles. The van der Waals surface area contributed by atoms with Crippen LogP contribution in [0.1, 0.15) is 38.8 Å². The second-order valence-electron chi connectivity index (χ2n) is 4.72. The third-order valence-corrected chi connectivity index (χ3v) is 4.02. The van der Waals surface area contributed by atoms with Crippen molar-refractivity contribution in [2.45, 2.75) is 33.1 Å². The number of hydrogen-bond donors (Lipinski definition) is 0. The van der Waals surface area contributed by atoms with Gasteiger partial charge in [0, 0.05) is 25.5 Å². The van der Waals surface area contributed by atoms with Crippen LogP contribution < -0.4 is 4.90 Å². The van der Waals surface area contributed by atoms with Gasteiger partial charge in [-0.1, -0.05) is 13.8 Å². The molecule has 0 bridgehead atoms. The molecular formula is C13H18N4. The van der Waals surface area contributed by atoms with Crippen molar-refractivity contribution in [2.24, 2.45) is 5.41 Å². The maximum absolute atomic E-state index is 9.04. The molecule has 0 aromatic carbocycles. The van der Waals surface area contributed by atoms with Gasteiger partial charge in [-0.25, -0.2) is 9.97 Å². The average Bonchev–Trinajstić information content (AvgIpc) is 2.83. The summed E-state index contributed by atoms with van der Waals surface area (Å²) in [7, 11) is 0. The Hall–Kier alpha value is -1.63. The lowest BCUT2D eigenvalue weighted by Crippen LogP contribution is -2.27. The molecular weight excluding hydrogens is 212 g/mol. The van der Waals surface area contributed by atoms with E-state index in [1.165, 1.54) is 19.3 Å². The van der Waals surface area contributed by atoms with E-state index < -0.39 is 0 Å². The molecule has 4 heteroatoms. The number of anilines is 1. The normalized spacial score (nSPS) is 18.1. The van der Waals surface area contributed by atoms with Crippen LogP contribution in [0.15, 0.2) is 12.4 Å². The standard InChI is InChI=1S/C13H18N4/c1-3-13(4-2)5-8-17(10-13)12-11(9-14)15-6-7-16-12/h6-7H,3-5,8,10H2,1-2H3. The van der Waals surface area contributed by atoms with E-state index in [4.69, 9.17) is 5.26 Å². The van der Waals surface area contributed by atoms with Crippen molar-refractivity contribution in [3.8, 4) is 6.07 Å². The van der Waals surface area contributed by atoms with Gasteiger partial charge in [0.25, 0.3) is 0 Å². The lowest BCUT2D eigenvalue weighted by Gasteiger charge is -2.26. The van der Waals surface area contributed by atoms with Crippen LogP contribution in [-0.2, 0) is 0 Å². The van der Waals surface area contributed by atoms with Gasteiger partial charge in [-0.3, -0.25) is 0 Å². The molecule has 0 spiro atoms. The molecule has 17 heavy (non-hydrogen) atoms. The van der Waals surface area contributed by atoms with Gasteiger partial charge in [0.05, 0.1) is 0 Å². The fraction of sp³-hybridized carbons (Fsp3) is 0.615. The summed E-state index contributed by atoms with van der Waals surface area (Å²) in [5.41, 5.74) is 0.833. The van der Waals surface area contributed by atoms with Crippen LogP contribution in [0.3, 0.4) is 0 Å². The molecule has 0 saturated carbocycles. The molecule has 0 radical (unpaired) electrons. The van der Waals surface area contributed by atoms with E-state index in [0.29, 0.717) is 11.1 Å². The smallest absolute Gasteiger partial charge is 0.183 e. The predicted molar refractivity (Wildman–Crippen MR) is 66.6 cm³/mol. The van der Waals surface area contributed by atoms with Crippen molar-refractivity contribution in [1.82, 2.24) is 9.97 Å². The molecule has 4 nitrogen and oxygen atoms in total. The van der Waals surface area contributed by atoms with Crippen LogP contribution in [0.4, 0.5) is 5.82 Å². The summed E-state index contributed by atoms with van der Waals surface area (Å²) in [6.07, 6.45) is 6.78. The fourth-order valence-corrected chi connectivity index (χ4v) is 2.58. The minimum Gasteiger partial charge on any atom is -0.354 e. The van der Waals surface area contributed by atoms with Crippen LogP contribution in [0.25, 0.3) is 0 Å². The van der Waals surface area contributed by atoms with Crippen molar-refractivity contribution in [2.75, 3.05) is 18.0 Å². The second-order valence-corrected chi connectivity index (χ2v) is 4.72. The van der Waals surface area contributed by atoms with E-state index in [9.17, 15) is 0 Å². The zero-order chi connectivity index (χ0) is 12.3. The maximum atomic E-state index is 9.04. The van der Waals surface area contributed by atoms with Crippen LogP contribution >= 0.6 is 0 Å². The zero-order valence-electron chi connectivity index (χ0n) is 10.5. The molecule has 0 aliphatic carbocycles. The minimum atomic E-state index is 0.393. The van der Waals surface area contributed by atoms with E-state index >= 15 is 0 Å². The first-order chi connectivity index (χ1) is 8.24. The van der Waals surface area contributed by atoms with Crippen molar-refractivity contribution in [3.05, 3.63) is 18.1 Å². The van der Waals surface area contributed by atoms with Crippen LogP contribution in [0.5, 0.6) is 0 Å². The Labute approximate surface area is 102 Å². The van der Waals surface area contributed by atoms with Crippen LogP contribution in [0, 0.1) is 16.7 Å². The summed E-state index contributed by atoms with van der Waals surface area (Å²) < 4.78 is 0. The summed E-state index contributed by atoms with van der Waals surface area (Å²) in [5, 5.41) is 9.04. The van der Waals surface area contributed by atoms with Gasteiger partial charge in [-0.2, -0.15) is 5.26 Å². The summed E-state index contributed by atoms with van der Waals surface area (Å²) >= 11 is 0. The molecule has 2 rings (SSSR count). The van der Waals surface area contributed by atoms with Gasteiger partial charge in [0.2, 0.25) is 0 Å². The summed E-state index contributed by atoms with van der Waals surface area (Å²) in [6, 6.07) is 2.12. The lowest BCUT2D eigenvalue weighted by molar-refractivity contribution is 0.301. The third-order valence-electron chi connectivity index (χ3n) is 4.02. The van der Waals surface area contributed by atoms with Crippen molar-refractivity contribution < 1.29 is 0 Å². The molecule has 1 aliphatic heterocycles. The first-order valence-corrected chi connectivity index (χ1v) is 6.21. The van der Waals surface area contributed by atoms with Gasteiger partial charge in [-0.05, 0) is 24.7 Å². The molecule has 1 fully saturated rings. The summed E-state index contributed by atoms with van der Waals surface area (Å²) in [4.78, 5) is 10.6. The zero-order valence-corrected chi connectivity index (χ0v) is 10.5. The number of nitrogens with zero attached hydrogens (tertiary/aromatic N) is 4. The molecule has 1 saturated heterocycles. The predicted octanol–water partition coefficient (Wildman–Crippen LogP) is 2.36. The minimum absolute atomic E-state index is 0.393. The summed E-state index contributed by atoms with van der Waals surface area (Å²) in [6.45, 7) is 6.46. The molecule has 0 N–H and O–H groups in total. The lowest BCUT2D eigenvalue weighted by atomic mass is 9.82. The second kappa shape index (κ2) is 4.70. The van der Waals surface area contributed by atoms with Gasteiger partial charge >= 0.3 is 0 Å². The Morgan fingerprint density at radius 2 is 2.06 bits per heavy atom. The van der Waals surface area contributed by atoms with Gasteiger partial charge in [0.1, 0.15) is 6.07 Å². The van der Waals surface area contributed by atoms with Gasteiger partial charge in [-0.15, -0.1) is 0 Å². The Kier molecular flexibility index (Phi) is 3.28. The van der Waals surface area contributed by atoms with Crippen LogP contribution in [-0.4, -0.2) is 23.1 Å². The Morgan fingerprint density at radius 3 is 2.65 bits per heavy atom. The highest BCUT2D eigenvalue weighted by Crippen LogP contribution is 2.38. The topological polar surface area (TPSA) is 52.8 Å².